The van der Waals surface area contributed by atoms with E-state index in [1.807, 2.05) is 0 Å². The molecular weight excluding hydrogens is 204 g/mol. The first-order valence-corrected chi connectivity index (χ1v) is 6.35. The number of hydrogen-bond acceptors (Lipinski definition) is 3. The predicted octanol–water partition coefficient (Wildman–Crippen LogP) is 3.58. The van der Waals surface area contributed by atoms with Crippen LogP contribution in [0.1, 0.15) is 69.0 Å². The van der Waals surface area contributed by atoms with Gasteiger partial charge in [-0.25, -0.2) is 4.98 Å². The first kappa shape index (κ1) is 12.7. The van der Waals surface area contributed by atoms with E-state index in [1.54, 1.807) is 11.3 Å². The predicted molar refractivity (Wildman–Crippen MR) is 67.5 cm³/mol. The van der Waals surface area contributed by atoms with Gasteiger partial charge in [0.1, 0.15) is 0 Å². The van der Waals surface area contributed by atoms with Gasteiger partial charge in [-0.2, -0.15) is 0 Å². The molecule has 0 unspecified atom stereocenters. The Morgan fingerprint density at radius 2 is 1.67 bits per heavy atom. The molecule has 0 aliphatic carbocycles. The summed E-state index contributed by atoms with van der Waals surface area (Å²) >= 11 is 1.77. The average Bonchev–Trinajstić information content (AvgIpc) is 2.45. The van der Waals surface area contributed by atoms with Crippen LogP contribution in [-0.4, -0.2) is 4.98 Å². The van der Waals surface area contributed by atoms with Crippen molar-refractivity contribution < 1.29 is 0 Å². The largest absolute Gasteiger partial charge is 0.321 e. The van der Waals surface area contributed by atoms with E-state index in [0.717, 1.165) is 0 Å². The second-order valence-electron chi connectivity index (χ2n) is 5.30. The topological polar surface area (TPSA) is 38.9 Å². The van der Waals surface area contributed by atoms with Crippen molar-refractivity contribution >= 4 is 11.3 Å². The molecule has 0 spiro atoms. The zero-order valence-corrected chi connectivity index (χ0v) is 11.4. The van der Waals surface area contributed by atoms with Gasteiger partial charge in [-0.05, 0) is 19.8 Å². The molecule has 15 heavy (non-hydrogen) atoms. The molecule has 1 heterocycles. The molecule has 2 N–H and O–H groups in total. The summed E-state index contributed by atoms with van der Waals surface area (Å²) in [5.74, 6) is 0.940. The second-order valence-corrected chi connectivity index (χ2v) is 6.33. The SMILES string of the molecule is CC(C)c1nc(C(C)C)c(C(C)(C)N)s1. The average molecular weight is 226 g/mol. The van der Waals surface area contributed by atoms with Crippen molar-refractivity contribution in [1.29, 1.82) is 0 Å². The van der Waals surface area contributed by atoms with E-state index in [4.69, 9.17) is 10.7 Å². The summed E-state index contributed by atoms with van der Waals surface area (Å²) in [7, 11) is 0. The molecule has 86 valence electrons. The Kier molecular flexibility index (Phi) is 3.56. The van der Waals surface area contributed by atoms with E-state index in [-0.39, 0.29) is 5.54 Å². The van der Waals surface area contributed by atoms with Crippen LogP contribution in [0.3, 0.4) is 0 Å². The van der Waals surface area contributed by atoms with Crippen LogP contribution in [0.15, 0.2) is 0 Å². The Bertz CT molecular complexity index is 332. The molecule has 1 aromatic heterocycles. The summed E-state index contributed by atoms with van der Waals surface area (Å²) in [5, 5.41) is 1.20. The highest BCUT2D eigenvalue weighted by Gasteiger charge is 2.25. The Morgan fingerprint density at radius 3 is 1.93 bits per heavy atom. The summed E-state index contributed by atoms with van der Waals surface area (Å²) in [6.07, 6.45) is 0. The Morgan fingerprint density at radius 1 is 1.13 bits per heavy atom. The fourth-order valence-electron chi connectivity index (χ4n) is 1.45. The van der Waals surface area contributed by atoms with Crippen molar-refractivity contribution in [3.8, 4) is 0 Å². The number of nitrogens with two attached hydrogens (primary N) is 1. The minimum atomic E-state index is -0.273. The summed E-state index contributed by atoms with van der Waals surface area (Å²) < 4.78 is 0. The van der Waals surface area contributed by atoms with Gasteiger partial charge in [0.25, 0.3) is 0 Å². The van der Waals surface area contributed by atoms with Gasteiger partial charge in [0.05, 0.1) is 10.7 Å². The monoisotopic (exact) mass is 226 g/mol. The molecule has 1 rings (SSSR count). The Labute approximate surface area is 96.9 Å². The molecule has 0 aromatic carbocycles. The van der Waals surface area contributed by atoms with Crippen LogP contribution >= 0.6 is 11.3 Å². The van der Waals surface area contributed by atoms with E-state index in [0.29, 0.717) is 11.8 Å². The van der Waals surface area contributed by atoms with Crippen LogP contribution in [0.25, 0.3) is 0 Å². The smallest absolute Gasteiger partial charge is 0.0957 e. The van der Waals surface area contributed by atoms with Crippen LogP contribution in [0, 0.1) is 0 Å². The van der Waals surface area contributed by atoms with E-state index in [1.165, 1.54) is 15.6 Å². The third kappa shape index (κ3) is 2.79. The van der Waals surface area contributed by atoms with Crippen LogP contribution < -0.4 is 5.73 Å². The molecule has 0 aliphatic heterocycles. The highest BCUT2D eigenvalue weighted by atomic mass is 32.1. The van der Waals surface area contributed by atoms with Crippen molar-refractivity contribution in [2.45, 2.75) is 58.9 Å². The lowest BCUT2D eigenvalue weighted by molar-refractivity contribution is 0.553. The molecule has 3 heteroatoms. The molecular formula is C12H22N2S. The molecule has 0 atom stereocenters. The van der Waals surface area contributed by atoms with Gasteiger partial charge >= 0.3 is 0 Å². The van der Waals surface area contributed by atoms with E-state index >= 15 is 0 Å². The minimum Gasteiger partial charge on any atom is -0.321 e. The maximum absolute atomic E-state index is 6.18. The van der Waals surface area contributed by atoms with Gasteiger partial charge in [-0.3, -0.25) is 0 Å². The highest BCUT2D eigenvalue weighted by Crippen LogP contribution is 2.34. The van der Waals surface area contributed by atoms with E-state index < -0.39 is 0 Å². The van der Waals surface area contributed by atoms with Gasteiger partial charge in [0.15, 0.2) is 0 Å². The fraction of sp³-hybridized carbons (Fsp3) is 0.750. The van der Waals surface area contributed by atoms with Crippen LogP contribution in [0.4, 0.5) is 0 Å². The first-order chi connectivity index (χ1) is 6.73. The molecule has 0 aliphatic rings. The van der Waals surface area contributed by atoms with Crippen LogP contribution in [0.2, 0.25) is 0 Å². The summed E-state index contributed by atoms with van der Waals surface area (Å²) in [5.41, 5.74) is 7.08. The quantitative estimate of drug-likeness (QED) is 0.855. The van der Waals surface area contributed by atoms with Gasteiger partial charge in [-0.15, -0.1) is 11.3 Å². The van der Waals surface area contributed by atoms with Crippen molar-refractivity contribution in [2.75, 3.05) is 0 Å². The molecule has 0 saturated carbocycles. The van der Waals surface area contributed by atoms with Crippen LogP contribution in [-0.2, 0) is 5.54 Å². The van der Waals surface area contributed by atoms with Crippen molar-refractivity contribution in [3.05, 3.63) is 15.6 Å². The normalized spacial score (nSPS) is 12.9. The number of aromatic nitrogens is 1. The van der Waals surface area contributed by atoms with E-state index in [9.17, 15) is 0 Å². The van der Waals surface area contributed by atoms with Crippen LogP contribution in [0.5, 0.6) is 0 Å². The summed E-state index contributed by atoms with van der Waals surface area (Å²) in [4.78, 5) is 5.95. The lowest BCUT2D eigenvalue weighted by atomic mass is 9.98. The molecule has 0 bridgehead atoms. The Hall–Kier alpha value is -0.410. The fourth-order valence-corrected chi connectivity index (χ4v) is 2.69. The van der Waals surface area contributed by atoms with E-state index in [2.05, 4.69) is 41.5 Å². The molecule has 0 saturated heterocycles. The third-order valence-electron chi connectivity index (χ3n) is 2.30. The molecule has 0 fully saturated rings. The summed E-state index contributed by atoms with van der Waals surface area (Å²) in [6.45, 7) is 12.8. The Balaban J connectivity index is 3.24. The highest BCUT2D eigenvalue weighted by molar-refractivity contribution is 7.12. The lowest BCUT2D eigenvalue weighted by Gasteiger charge is -2.19. The maximum atomic E-state index is 6.18. The number of hydrogen-bond donors (Lipinski definition) is 1. The standard InChI is InChI=1S/C12H22N2S/c1-7(2)9-10(12(5,6)13)15-11(14-9)8(3)4/h7-8H,13H2,1-6H3. The number of rotatable bonds is 3. The van der Waals surface area contributed by atoms with Crippen molar-refractivity contribution in [2.24, 2.45) is 5.73 Å². The molecule has 0 amide bonds. The molecule has 2 nitrogen and oxygen atoms in total. The second kappa shape index (κ2) is 4.22. The van der Waals surface area contributed by atoms with Gasteiger partial charge in [0, 0.05) is 16.3 Å². The van der Waals surface area contributed by atoms with Crippen molar-refractivity contribution in [3.63, 3.8) is 0 Å². The first-order valence-electron chi connectivity index (χ1n) is 5.53. The molecule has 0 radical (unpaired) electrons. The van der Waals surface area contributed by atoms with Crippen molar-refractivity contribution in [1.82, 2.24) is 4.98 Å². The minimum absolute atomic E-state index is 0.273. The lowest BCUT2D eigenvalue weighted by Crippen LogP contribution is -2.28. The maximum Gasteiger partial charge on any atom is 0.0957 e. The number of thiazole rings is 1. The van der Waals surface area contributed by atoms with Gasteiger partial charge < -0.3 is 5.73 Å². The third-order valence-corrected chi connectivity index (χ3v) is 4.01. The number of nitrogens with zero attached hydrogens (tertiary/aromatic N) is 1. The van der Waals surface area contributed by atoms with Gasteiger partial charge in [0.2, 0.25) is 0 Å². The zero-order valence-electron chi connectivity index (χ0n) is 10.6. The summed E-state index contributed by atoms with van der Waals surface area (Å²) in [6, 6.07) is 0. The molecule has 1 aromatic rings. The van der Waals surface area contributed by atoms with Gasteiger partial charge in [-0.1, -0.05) is 27.7 Å². The zero-order chi connectivity index (χ0) is 11.8.